The monoisotopic (exact) mass is 322 g/mol. The summed E-state index contributed by atoms with van der Waals surface area (Å²) >= 11 is 5.99. The summed E-state index contributed by atoms with van der Waals surface area (Å²) < 4.78 is 0. The molecule has 0 aliphatic carbocycles. The highest BCUT2D eigenvalue weighted by Gasteiger charge is 2.26. The fourth-order valence-electron chi connectivity index (χ4n) is 2.95. The van der Waals surface area contributed by atoms with Crippen LogP contribution in [0, 0.1) is 5.92 Å². The predicted molar refractivity (Wildman–Crippen MR) is 92.2 cm³/mol. The van der Waals surface area contributed by atoms with E-state index in [9.17, 15) is 4.79 Å². The van der Waals surface area contributed by atoms with Crippen molar-refractivity contribution in [2.24, 2.45) is 5.92 Å². The van der Waals surface area contributed by atoms with Gasteiger partial charge in [0.2, 0.25) is 0 Å². The maximum atomic E-state index is 12.6. The zero-order chi connectivity index (χ0) is 15.9. The van der Waals surface area contributed by atoms with Crippen LogP contribution in [0.5, 0.6) is 0 Å². The molecule has 1 fully saturated rings. The number of hydrogen-bond acceptors (Lipinski definition) is 1. The Hall–Kier alpha value is -1.22. The van der Waals surface area contributed by atoms with Gasteiger partial charge in [-0.1, -0.05) is 50.4 Å². The summed E-state index contributed by atoms with van der Waals surface area (Å²) in [5, 5.41) is 3.82. The predicted octanol–water partition coefficient (Wildman–Crippen LogP) is 5.01. The van der Waals surface area contributed by atoms with Crippen molar-refractivity contribution >= 4 is 17.6 Å². The van der Waals surface area contributed by atoms with Crippen molar-refractivity contribution in [1.29, 1.82) is 0 Å². The third-order valence-corrected chi connectivity index (χ3v) is 4.52. The van der Waals surface area contributed by atoms with Crippen molar-refractivity contribution < 1.29 is 4.79 Å². The number of benzene rings is 1. The standard InChI is InChI=1S/C18H27ClN2O/c1-14(2)11-12-20-18(22)21-13-5-3-4-6-17(21)15-7-9-16(19)10-8-15/h7-10,14,17H,3-6,11-13H2,1-2H3,(H,20,22)/t17-/m0/s1. The third kappa shape index (κ3) is 4.91. The van der Waals surface area contributed by atoms with Gasteiger partial charge < -0.3 is 10.2 Å². The van der Waals surface area contributed by atoms with Gasteiger partial charge in [0.15, 0.2) is 0 Å². The Bertz CT molecular complexity index is 472. The fourth-order valence-corrected chi connectivity index (χ4v) is 3.08. The van der Waals surface area contributed by atoms with Crippen molar-refractivity contribution in [3.05, 3.63) is 34.9 Å². The fraction of sp³-hybridized carbons (Fsp3) is 0.611. The molecule has 1 aromatic rings. The molecule has 3 nitrogen and oxygen atoms in total. The van der Waals surface area contributed by atoms with Crippen LogP contribution in [0.3, 0.4) is 0 Å². The lowest BCUT2D eigenvalue weighted by molar-refractivity contribution is 0.175. The molecular weight excluding hydrogens is 296 g/mol. The van der Waals surface area contributed by atoms with Crippen LogP contribution < -0.4 is 5.32 Å². The molecule has 0 spiro atoms. The summed E-state index contributed by atoms with van der Waals surface area (Å²) in [5.41, 5.74) is 1.19. The summed E-state index contributed by atoms with van der Waals surface area (Å²) in [7, 11) is 0. The van der Waals surface area contributed by atoms with Crippen LogP contribution in [0.2, 0.25) is 5.02 Å². The molecule has 1 aliphatic heterocycles. The van der Waals surface area contributed by atoms with E-state index in [1.807, 2.05) is 29.2 Å². The number of urea groups is 1. The van der Waals surface area contributed by atoms with Gasteiger partial charge in [0, 0.05) is 18.1 Å². The van der Waals surface area contributed by atoms with Gasteiger partial charge in [-0.05, 0) is 42.9 Å². The van der Waals surface area contributed by atoms with Crippen molar-refractivity contribution in [2.45, 2.75) is 52.0 Å². The Morgan fingerprint density at radius 1 is 1.27 bits per heavy atom. The molecule has 1 atom stereocenters. The van der Waals surface area contributed by atoms with Crippen LogP contribution in [0.25, 0.3) is 0 Å². The van der Waals surface area contributed by atoms with E-state index in [-0.39, 0.29) is 12.1 Å². The molecule has 4 heteroatoms. The second-order valence-electron chi connectivity index (χ2n) is 6.52. The van der Waals surface area contributed by atoms with E-state index in [1.54, 1.807) is 0 Å². The summed E-state index contributed by atoms with van der Waals surface area (Å²) in [5.74, 6) is 0.608. The van der Waals surface area contributed by atoms with Gasteiger partial charge in [0.1, 0.15) is 0 Å². The van der Waals surface area contributed by atoms with Gasteiger partial charge in [-0.3, -0.25) is 0 Å². The van der Waals surface area contributed by atoms with Gasteiger partial charge >= 0.3 is 6.03 Å². The molecule has 0 radical (unpaired) electrons. The van der Waals surface area contributed by atoms with Crippen LogP contribution in [0.15, 0.2) is 24.3 Å². The molecule has 1 aliphatic rings. The Labute approximate surface area is 139 Å². The minimum absolute atomic E-state index is 0.0718. The molecule has 22 heavy (non-hydrogen) atoms. The zero-order valence-electron chi connectivity index (χ0n) is 13.6. The first-order valence-corrected chi connectivity index (χ1v) is 8.75. The van der Waals surface area contributed by atoms with E-state index in [0.717, 1.165) is 37.4 Å². The first-order valence-electron chi connectivity index (χ1n) is 8.38. The van der Waals surface area contributed by atoms with E-state index in [0.29, 0.717) is 5.92 Å². The van der Waals surface area contributed by atoms with Gasteiger partial charge in [-0.15, -0.1) is 0 Å². The van der Waals surface area contributed by atoms with Crippen LogP contribution >= 0.6 is 11.6 Å². The number of likely N-dealkylation sites (tertiary alicyclic amines) is 1. The molecule has 0 unspecified atom stereocenters. The summed E-state index contributed by atoms with van der Waals surface area (Å²) in [6, 6.07) is 8.16. The molecule has 0 bridgehead atoms. The van der Waals surface area contributed by atoms with Crippen LogP contribution in [-0.2, 0) is 0 Å². The SMILES string of the molecule is CC(C)CCNC(=O)N1CCCCC[C@H]1c1ccc(Cl)cc1. The molecule has 1 aromatic carbocycles. The number of nitrogens with one attached hydrogen (secondary N) is 1. The number of rotatable bonds is 4. The summed E-state index contributed by atoms with van der Waals surface area (Å²) in [4.78, 5) is 14.6. The Morgan fingerprint density at radius 3 is 2.68 bits per heavy atom. The normalized spacial score (nSPS) is 19.1. The van der Waals surface area contributed by atoms with E-state index >= 15 is 0 Å². The van der Waals surface area contributed by atoms with Gasteiger partial charge in [-0.2, -0.15) is 0 Å². The maximum absolute atomic E-state index is 12.6. The minimum atomic E-state index is 0.0718. The number of halogens is 1. The number of hydrogen-bond donors (Lipinski definition) is 1. The average molecular weight is 323 g/mol. The van der Waals surface area contributed by atoms with Crippen LogP contribution in [-0.4, -0.2) is 24.0 Å². The van der Waals surface area contributed by atoms with Crippen molar-refractivity contribution in [2.75, 3.05) is 13.1 Å². The molecule has 1 saturated heterocycles. The molecule has 0 saturated carbocycles. The van der Waals surface area contributed by atoms with E-state index in [2.05, 4.69) is 19.2 Å². The molecule has 1 heterocycles. The van der Waals surface area contributed by atoms with Crippen LogP contribution in [0.1, 0.15) is 57.6 Å². The largest absolute Gasteiger partial charge is 0.338 e. The quantitative estimate of drug-likeness (QED) is 0.830. The number of carbonyl (C=O) groups is 1. The third-order valence-electron chi connectivity index (χ3n) is 4.27. The van der Waals surface area contributed by atoms with Crippen molar-refractivity contribution in [3.8, 4) is 0 Å². The number of carbonyl (C=O) groups excluding carboxylic acids is 1. The molecule has 2 amide bonds. The van der Waals surface area contributed by atoms with E-state index < -0.39 is 0 Å². The van der Waals surface area contributed by atoms with Gasteiger partial charge in [0.05, 0.1) is 6.04 Å². The lowest BCUT2D eigenvalue weighted by atomic mass is 10.0. The number of amides is 2. The maximum Gasteiger partial charge on any atom is 0.317 e. The lowest BCUT2D eigenvalue weighted by Crippen LogP contribution is -2.42. The first-order chi connectivity index (χ1) is 10.6. The zero-order valence-corrected chi connectivity index (χ0v) is 14.4. The summed E-state index contributed by atoms with van der Waals surface area (Å²) in [6.07, 6.45) is 5.50. The lowest BCUT2D eigenvalue weighted by Gasteiger charge is -2.30. The Balaban J connectivity index is 2.06. The van der Waals surface area contributed by atoms with Gasteiger partial charge in [-0.25, -0.2) is 4.79 Å². The highest BCUT2D eigenvalue weighted by atomic mass is 35.5. The average Bonchev–Trinajstić information content (AvgIpc) is 2.73. The smallest absolute Gasteiger partial charge is 0.317 e. The van der Waals surface area contributed by atoms with Gasteiger partial charge in [0.25, 0.3) is 0 Å². The first kappa shape index (κ1) is 17.1. The number of nitrogens with zero attached hydrogens (tertiary/aromatic N) is 1. The topological polar surface area (TPSA) is 32.3 Å². The van der Waals surface area contributed by atoms with E-state index in [4.69, 9.17) is 11.6 Å². The van der Waals surface area contributed by atoms with E-state index in [1.165, 1.54) is 18.4 Å². The van der Waals surface area contributed by atoms with Crippen molar-refractivity contribution in [3.63, 3.8) is 0 Å². The molecule has 1 N–H and O–H groups in total. The molecule has 0 aromatic heterocycles. The molecular formula is C18H27ClN2O. The molecule has 2 rings (SSSR count). The molecule has 122 valence electrons. The second-order valence-corrected chi connectivity index (χ2v) is 6.96. The summed E-state index contributed by atoms with van der Waals surface area (Å²) in [6.45, 7) is 5.93. The minimum Gasteiger partial charge on any atom is -0.338 e. The Morgan fingerprint density at radius 2 is 2.00 bits per heavy atom. The van der Waals surface area contributed by atoms with Crippen molar-refractivity contribution in [1.82, 2.24) is 10.2 Å². The highest BCUT2D eigenvalue weighted by Crippen LogP contribution is 2.30. The Kier molecular flexibility index (Phi) is 6.56. The van der Waals surface area contributed by atoms with Crippen LogP contribution in [0.4, 0.5) is 4.79 Å². The highest BCUT2D eigenvalue weighted by molar-refractivity contribution is 6.30. The second kappa shape index (κ2) is 8.42.